The van der Waals surface area contributed by atoms with Crippen molar-refractivity contribution in [1.29, 1.82) is 0 Å². The fourth-order valence-corrected chi connectivity index (χ4v) is 4.76. The second-order valence-corrected chi connectivity index (χ2v) is 9.15. The predicted molar refractivity (Wildman–Crippen MR) is 114 cm³/mol. The van der Waals surface area contributed by atoms with Crippen molar-refractivity contribution in [3.63, 3.8) is 0 Å². The Kier molecular flexibility index (Phi) is 5.04. The summed E-state index contributed by atoms with van der Waals surface area (Å²) < 4.78 is 11.7. The maximum absolute atomic E-state index is 12.8. The maximum atomic E-state index is 12.8. The summed E-state index contributed by atoms with van der Waals surface area (Å²) in [5.41, 5.74) is 1.24. The highest BCUT2D eigenvalue weighted by Crippen LogP contribution is 2.52. The first kappa shape index (κ1) is 20.4. The highest BCUT2D eigenvalue weighted by Gasteiger charge is 2.59. The number of nitrogens with zero attached hydrogens (tertiary/aromatic N) is 2. The Morgan fingerprint density at radius 3 is 2.33 bits per heavy atom. The minimum atomic E-state index is -0.391. The average molecular weight is 408 g/mol. The first-order valence-corrected chi connectivity index (χ1v) is 10.3. The van der Waals surface area contributed by atoms with Crippen LogP contribution in [0.15, 0.2) is 42.0 Å². The lowest BCUT2D eigenvalue weighted by atomic mass is 9.85. The molecule has 2 aliphatic carbocycles. The van der Waals surface area contributed by atoms with E-state index in [0.717, 1.165) is 22.6 Å². The summed E-state index contributed by atoms with van der Waals surface area (Å²) in [6.07, 6.45) is 8.98. The van der Waals surface area contributed by atoms with E-state index in [9.17, 15) is 9.59 Å². The molecule has 2 bridgehead atoms. The predicted octanol–water partition coefficient (Wildman–Crippen LogP) is 3.74. The van der Waals surface area contributed by atoms with Gasteiger partial charge in [0.25, 0.3) is 11.8 Å². The number of amides is 2. The maximum Gasteiger partial charge on any atom is 0.254 e. The minimum absolute atomic E-state index is 0.171. The molecule has 1 saturated heterocycles. The smallest absolute Gasteiger partial charge is 0.254 e. The van der Waals surface area contributed by atoms with Crippen molar-refractivity contribution in [2.24, 2.45) is 28.8 Å². The summed E-state index contributed by atoms with van der Waals surface area (Å²) in [4.78, 5) is 25.6. The van der Waals surface area contributed by atoms with Crippen LogP contribution in [0.4, 0.5) is 0 Å². The van der Waals surface area contributed by atoms with E-state index >= 15 is 0 Å². The largest absolute Gasteiger partial charge is 0.493 e. The number of methoxy groups -OCH3 is 1. The number of ether oxygens (including phenoxy) is 2. The Labute approximate surface area is 177 Å². The standard InChI is InChI=1S/C24H28N2O4/c1-6-7-17-10-14(11-18(29-5)21(17)30-24(2,3)4)13-25-26-22(27)19-15-8-9-16(12-15)20(19)23(26)28/h6,8-11,13,15-16,19-20H,1,7,12H2,2-5H3/t15-,16-,19-,20+/m0/s1. The molecule has 3 aliphatic rings. The van der Waals surface area contributed by atoms with Crippen molar-refractivity contribution in [3.8, 4) is 11.5 Å². The van der Waals surface area contributed by atoms with Gasteiger partial charge >= 0.3 is 0 Å². The van der Waals surface area contributed by atoms with Gasteiger partial charge in [-0.25, -0.2) is 0 Å². The van der Waals surface area contributed by atoms with E-state index in [2.05, 4.69) is 23.8 Å². The number of carbonyl (C=O) groups excluding carboxylic acids is 2. The van der Waals surface area contributed by atoms with E-state index in [-0.39, 0.29) is 35.5 Å². The van der Waals surface area contributed by atoms with E-state index in [1.165, 1.54) is 0 Å². The van der Waals surface area contributed by atoms with E-state index < -0.39 is 5.60 Å². The molecule has 0 spiro atoms. The summed E-state index contributed by atoms with van der Waals surface area (Å²) in [7, 11) is 1.58. The molecule has 2 amide bonds. The molecule has 1 saturated carbocycles. The lowest BCUT2D eigenvalue weighted by Crippen LogP contribution is -2.28. The Hall–Kier alpha value is -2.89. The summed E-state index contributed by atoms with van der Waals surface area (Å²) in [6.45, 7) is 9.75. The number of hydrazone groups is 1. The van der Waals surface area contributed by atoms with E-state index in [0.29, 0.717) is 17.9 Å². The van der Waals surface area contributed by atoms with Crippen LogP contribution in [0, 0.1) is 23.7 Å². The zero-order chi connectivity index (χ0) is 21.6. The zero-order valence-electron chi connectivity index (χ0n) is 17.9. The molecular formula is C24H28N2O4. The van der Waals surface area contributed by atoms with Crippen LogP contribution in [-0.4, -0.2) is 35.7 Å². The van der Waals surface area contributed by atoms with Crippen LogP contribution < -0.4 is 9.47 Å². The van der Waals surface area contributed by atoms with Crippen LogP contribution >= 0.6 is 0 Å². The molecule has 6 nitrogen and oxygen atoms in total. The second kappa shape index (κ2) is 7.42. The van der Waals surface area contributed by atoms with Gasteiger partial charge in [0, 0.05) is 5.56 Å². The fraction of sp³-hybridized carbons (Fsp3) is 0.458. The third-order valence-electron chi connectivity index (χ3n) is 5.92. The van der Waals surface area contributed by atoms with Gasteiger partial charge in [-0.3, -0.25) is 9.59 Å². The molecular weight excluding hydrogens is 380 g/mol. The Balaban J connectivity index is 1.62. The quantitative estimate of drug-likeness (QED) is 0.409. The number of fused-ring (bicyclic) bond motifs is 5. The number of benzene rings is 1. The van der Waals surface area contributed by atoms with Crippen LogP contribution in [0.5, 0.6) is 11.5 Å². The van der Waals surface area contributed by atoms with Gasteiger partial charge in [-0.15, -0.1) is 6.58 Å². The van der Waals surface area contributed by atoms with Gasteiger partial charge in [-0.05, 0) is 63.1 Å². The van der Waals surface area contributed by atoms with Crippen molar-refractivity contribution < 1.29 is 19.1 Å². The van der Waals surface area contributed by atoms with Crippen LogP contribution in [0.2, 0.25) is 0 Å². The number of rotatable bonds is 6. The molecule has 1 aliphatic heterocycles. The summed E-state index contributed by atoms with van der Waals surface area (Å²) in [5, 5.41) is 5.33. The van der Waals surface area contributed by atoms with Crippen molar-refractivity contribution in [2.75, 3.05) is 7.11 Å². The third-order valence-corrected chi connectivity index (χ3v) is 5.92. The molecule has 1 aromatic rings. The van der Waals surface area contributed by atoms with E-state index in [4.69, 9.17) is 9.47 Å². The Morgan fingerprint density at radius 1 is 1.17 bits per heavy atom. The Morgan fingerprint density at radius 2 is 1.80 bits per heavy atom. The highest BCUT2D eigenvalue weighted by molar-refractivity contribution is 6.06. The molecule has 1 aromatic carbocycles. The van der Waals surface area contributed by atoms with Crippen LogP contribution in [0.3, 0.4) is 0 Å². The van der Waals surface area contributed by atoms with Gasteiger partial charge in [-0.2, -0.15) is 10.1 Å². The number of imide groups is 1. The monoisotopic (exact) mass is 408 g/mol. The first-order chi connectivity index (χ1) is 14.2. The molecule has 4 rings (SSSR count). The highest BCUT2D eigenvalue weighted by atomic mass is 16.5. The van der Waals surface area contributed by atoms with Crippen LogP contribution in [-0.2, 0) is 16.0 Å². The lowest BCUT2D eigenvalue weighted by Gasteiger charge is -2.25. The number of allylic oxidation sites excluding steroid dienone is 3. The van der Waals surface area contributed by atoms with Crippen molar-refractivity contribution in [3.05, 3.63) is 48.1 Å². The SMILES string of the molecule is C=CCc1cc(C=NN2C(=O)[C@@H]3[C@H](C2=O)[C@H]2C=C[C@H]3C2)cc(OC)c1OC(C)(C)C. The zero-order valence-corrected chi connectivity index (χ0v) is 17.9. The third kappa shape index (κ3) is 3.44. The summed E-state index contributed by atoms with van der Waals surface area (Å²) in [5.74, 6) is 0.690. The first-order valence-electron chi connectivity index (χ1n) is 10.3. The van der Waals surface area contributed by atoms with Gasteiger partial charge in [0.1, 0.15) is 5.60 Å². The summed E-state index contributed by atoms with van der Waals surface area (Å²) in [6, 6.07) is 3.72. The number of carbonyl (C=O) groups is 2. The van der Waals surface area contributed by atoms with Crippen LogP contribution in [0.1, 0.15) is 38.3 Å². The van der Waals surface area contributed by atoms with Crippen molar-refractivity contribution >= 4 is 18.0 Å². The molecule has 4 atom stereocenters. The molecule has 0 N–H and O–H groups in total. The molecule has 0 aromatic heterocycles. The van der Waals surface area contributed by atoms with Crippen molar-refractivity contribution in [2.45, 2.75) is 39.2 Å². The van der Waals surface area contributed by atoms with E-state index in [1.54, 1.807) is 25.5 Å². The molecule has 158 valence electrons. The van der Waals surface area contributed by atoms with Gasteiger partial charge in [-0.1, -0.05) is 18.2 Å². The van der Waals surface area contributed by atoms with Gasteiger partial charge < -0.3 is 9.47 Å². The summed E-state index contributed by atoms with van der Waals surface area (Å²) >= 11 is 0. The Bertz CT molecular complexity index is 927. The lowest BCUT2D eigenvalue weighted by molar-refractivity contribution is -0.140. The number of hydrogen-bond donors (Lipinski definition) is 0. The number of hydrogen-bond acceptors (Lipinski definition) is 5. The average Bonchev–Trinajstić information content (AvgIpc) is 3.35. The van der Waals surface area contributed by atoms with Gasteiger partial charge in [0.2, 0.25) is 0 Å². The normalized spacial score (nSPS) is 27.3. The fourth-order valence-electron chi connectivity index (χ4n) is 4.76. The van der Waals surface area contributed by atoms with Crippen LogP contribution in [0.25, 0.3) is 0 Å². The molecule has 0 unspecified atom stereocenters. The molecule has 6 heteroatoms. The molecule has 30 heavy (non-hydrogen) atoms. The molecule has 0 radical (unpaired) electrons. The molecule has 2 fully saturated rings. The van der Waals surface area contributed by atoms with Gasteiger partial charge in [0.15, 0.2) is 11.5 Å². The van der Waals surface area contributed by atoms with Crippen molar-refractivity contribution in [1.82, 2.24) is 5.01 Å². The second-order valence-electron chi connectivity index (χ2n) is 9.15. The van der Waals surface area contributed by atoms with Gasteiger partial charge in [0.05, 0.1) is 25.2 Å². The minimum Gasteiger partial charge on any atom is -0.493 e. The topological polar surface area (TPSA) is 68.2 Å². The molecule has 1 heterocycles. The van der Waals surface area contributed by atoms with E-state index in [1.807, 2.05) is 26.8 Å².